The molecule has 0 aromatic carbocycles. The minimum Gasteiger partial charge on any atom is -0.511 e. The molecule has 0 unspecified atom stereocenters. The largest absolute Gasteiger partial charge is 0.511 e. The second-order valence-electron chi connectivity index (χ2n) is 5.27. The molecule has 24 heavy (non-hydrogen) atoms. The van der Waals surface area contributed by atoms with Gasteiger partial charge in [-0.1, -0.05) is 6.92 Å². The van der Waals surface area contributed by atoms with Crippen LogP contribution in [0.4, 0.5) is 0 Å². The summed E-state index contributed by atoms with van der Waals surface area (Å²) in [4.78, 5) is 32.8. The van der Waals surface area contributed by atoms with Gasteiger partial charge in [0.25, 0.3) is 0 Å². The number of aliphatic hydroxyl groups excluding tert-OH is 1. The summed E-state index contributed by atoms with van der Waals surface area (Å²) in [6.45, 7) is 1.68. The van der Waals surface area contributed by atoms with Gasteiger partial charge in [0.15, 0.2) is 11.6 Å². The molecule has 8 heteroatoms. The molecule has 0 radical (unpaired) electrons. The fourth-order valence-electron chi connectivity index (χ4n) is 2.74. The molecular weight excluding hydrogens is 316 g/mol. The van der Waals surface area contributed by atoms with Crippen LogP contribution in [0.1, 0.15) is 37.7 Å². The lowest BCUT2D eigenvalue weighted by Crippen LogP contribution is -2.27. The minimum absolute atomic E-state index is 0.0353. The lowest BCUT2D eigenvalue weighted by atomic mass is 9.79. The average Bonchev–Trinajstić information content (AvgIpc) is 2.59. The van der Waals surface area contributed by atoms with Crippen LogP contribution in [0.3, 0.4) is 0 Å². The summed E-state index contributed by atoms with van der Waals surface area (Å²) in [5.74, 6) is -1.10. The molecule has 2 rings (SSSR count). The van der Waals surface area contributed by atoms with E-state index in [4.69, 9.17) is 14.2 Å². The Labute approximate surface area is 139 Å². The first kappa shape index (κ1) is 17.7. The third kappa shape index (κ3) is 3.17. The number of allylic oxidation sites excluding steroid dienone is 2. The molecule has 1 aliphatic carbocycles. The number of hydrogen-bond acceptors (Lipinski definition) is 8. The van der Waals surface area contributed by atoms with E-state index in [2.05, 4.69) is 9.97 Å². The van der Waals surface area contributed by atoms with Crippen LogP contribution < -0.4 is 14.2 Å². The lowest BCUT2D eigenvalue weighted by molar-refractivity contribution is -0.124. The Bertz CT molecular complexity index is 653. The van der Waals surface area contributed by atoms with Crippen molar-refractivity contribution in [2.75, 3.05) is 21.3 Å². The Balaban J connectivity index is 2.47. The predicted octanol–water partition coefficient (Wildman–Crippen LogP) is 1.74. The summed E-state index contributed by atoms with van der Waals surface area (Å²) in [5.41, 5.74) is 0.332. The Morgan fingerprint density at radius 3 is 1.92 bits per heavy atom. The minimum atomic E-state index is -0.491. The smallest absolute Gasteiger partial charge is 0.322 e. The normalized spacial score (nSPS) is 17.7. The summed E-state index contributed by atoms with van der Waals surface area (Å²) in [6.07, 6.45) is 0.302. The maximum Gasteiger partial charge on any atom is 0.322 e. The molecular formula is C16H20N2O6. The van der Waals surface area contributed by atoms with Gasteiger partial charge in [0, 0.05) is 25.2 Å². The Morgan fingerprint density at radius 2 is 1.54 bits per heavy atom. The van der Waals surface area contributed by atoms with Crippen LogP contribution >= 0.6 is 0 Å². The van der Waals surface area contributed by atoms with Crippen molar-refractivity contribution in [2.45, 2.75) is 32.1 Å². The van der Waals surface area contributed by atoms with Gasteiger partial charge in [-0.25, -0.2) is 0 Å². The van der Waals surface area contributed by atoms with E-state index >= 15 is 0 Å². The van der Waals surface area contributed by atoms with Crippen molar-refractivity contribution in [3.05, 3.63) is 16.9 Å². The maximum absolute atomic E-state index is 12.3. The van der Waals surface area contributed by atoms with Crippen LogP contribution in [0, 0.1) is 0 Å². The fraction of sp³-hybridized carbons (Fsp3) is 0.500. The molecule has 1 heterocycles. The lowest BCUT2D eigenvalue weighted by Gasteiger charge is -2.24. The zero-order chi connectivity index (χ0) is 17.9. The summed E-state index contributed by atoms with van der Waals surface area (Å²) >= 11 is 0. The van der Waals surface area contributed by atoms with E-state index in [9.17, 15) is 14.7 Å². The second kappa shape index (κ2) is 7.29. The Hall–Kier alpha value is -2.64. The zero-order valence-corrected chi connectivity index (χ0v) is 14.1. The van der Waals surface area contributed by atoms with Gasteiger partial charge in [0.1, 0.15) is 5.76 Å². The monoisotopic (exact) mass is 336 g/mol. The molecule has 8 nitrogen and oxygen atoms in total. The molecule has 1 fully saturated rings. The van der Waals surface area contributed by atoms with Crippen LogP contribution in [0.2, 0.25) is 0 Å². The molecule has 0 atom stereocenters. The molecule has 0 bridgehead atoms. The van der Waals surface area contributed by atoms with E-state index in [1.165, 1.54) is 21.3 Å². The molecule has 1 aromatic rings. The molecule has 1 N–H and O–H groups in total. The van der Waals surface area contributed by atoms with Crippen LogP contribution in [-0.2, 0) is 9.59 Å². The van der Waals surface area contributed by atoms with Gasteiger partial charge >= 0.3 is 6.01 Å². The van der Waals surface area contributed by atoms with E-state index in [-0.39, 0.29) is 48.4 Å². The molecule has 0 aliphatic heterocycles. The van der Waals surface area contributed by atoms with Crippen LogP contribution in [-0.4, -0.2) is 48.0 Å². The van der Waals surface area contributed by atoms with E-state index in [1.54, 1.807) is 6.92 Å². The number of nitrogens with zero attached hydrogens (tertiary/aromatic N) is 2. The number of carbonyl (C=O) groups is 2. The topological polar surface area (TPSA) is 108 Å². The number of carbonyl (C=O) groups excluding carboxylic acids is 2. The fourth-order valence-corrected chi connectivity index (χ4v) is 2.74. The number of ketones is 2. The highest BCUT2D eigenvalue weighted by Crippen LogP contribution is 2.41. The molecule has 0 saturated heterocycles. The summed E-state index contributed by atoms with van der Waals surface area (Å²) < 4.78 is 15.5. The highest BCUT2D eigenvalue weighted by Gasteiger charge is 2.37. The van der Waals surface area contributed by atoms with Crippen molar-refractivity contribution < 1.29 is 28.9 Å². The van der Waals surface area contributed by atoms with Crippen molar-refractivity contribution in [1.29, 1.82) is 0 Å². The Kier molecular flexibility index (Phi) is 5.38. The molecule has 1 aromatic heterocycles. The van der Waals surface area contributed by atoms with Gasteiger partial charge in [-0.2, -0.15) is 9.97 Å². The highest BCUT2D eigenvalue weighted by atomic mass is 16.5. The number of hydrogen-bond donors (Lipinski definition) is 1. The van der Waals surface area contributed by atoms with E-state index < -0.39 is 17.5 Å². The van der Waals surface area contributed by atoms with Gasteiger partial charge in [-0.05, 0) is 0 Å². The first-order valence-electron chi connectivity index (χ1n) is 7.49. The molecule has 0 spiro atoms. The number of methoxy groups -OCH3 is 3. The standard InChI is InChI=1S/C16H20N2O6/c1-5-9(19)13-10(20)6-8(7-11(13)21)12-14(22-2)17-16(24-4)18-15(12)23-3/h8,19H,5-7H2,1-4H3. The van der Waals surface area contributed by atoms with E-state index in [0.717, 1.165) is 0 Å². The second-order valence-corrected chi connectivity index (χ2v) is 5.27. The number of ether oxygens (including phenoxy) is 3. The van der Waals surface area contributed by atoms with Gasteiger partial charge in [0.2, 0.25) is 11.8 Å². The number of aliphatic hydroxyl groups is 1. The van der Waals surface area contributed by atoms with E-state index in [1.807, 2.05) is 0 Å². The van der Waals surface area contributed by atoms with Crippen molar-refractivity contribution in [1.82, 2.24) is 9.97 Å². The van der Waals surface area contributed by atoms with Gasteiger partial charge in [-0.15, -0.1) is 0 Å². The zero-order valence-electron chi connectivity index (χ0n) is 14.1. The number of rotatable bonds is 5. The highest BCUT2D eigenvalue weighted by molar-refractivity contribution is 6.22. The first-order valence-corrected chi connectivity index (χ1v) is 7.49. The average molecular weight is 336 g/mol. The number of aromatic nitrogens is 2. The van der Waals surface area contributed by atoms with E-state index in [0.29, 0.717) is 5.56 Å². The summed E-state index contributed by atoms with van der Waals surface area (Å²) in [6, 6.07) is 0.0603. The van der Waals surface area contributed by atoms with Crippen LogP contribution in [0.15, 0.2) is 11.3 Å². The Morgan fingerprint density at radius 1 is 1.04 bits per heavy atom. The molecule has 1 aliphatic rings. The first-order chi connectivity index (χ1) is 11.5. The van der Waals surface area contributed by atoms with Gasteiger partial charge < -0.3 is 19.3 Å². The van der Waals surface area contributed by atoms with Crippen LogP contribution in [0.25, 0.3) is 0 Å². The van der Waals surface area contributed by atoms with Crippen molar-refractivity contribution in [2.24, 2.45) is 0 Å². The third-order valence-electron chi connectivity index (χ3n) is 3.88. The number of Topliss-reactive ketones (excluding diaryl/α,β-unsaturated/α-hetero) is 2. The van der Waals surface area contributed by atoms with Crippen molar-refractivity contribution in [3.63, 3.8) is 0 Å². The quantitative estimate of drug-likeness (QED) is 0.492. The maximum atomic E-state index is 12.3. The van der Waals surface area contributed by atoms with Crippen molar-refractivity contribution >= 4 is 11.6 Å². The third-order valence-corrected chi connectivity index (χ3v) is 3.88. The van der Waals surface area contributed by atoms with Crippen molar-refractivity contribution in [3.8, 4) is 17.8 Å². The molecule has 130 valence electrons. The predicted molar refractivity (Wildman–Crippen MR) is 83.6 cm³/mol. The molecule has 0 amide bonds. The van der Waals surface area contributed by atoms with Gasteiger partial charge in [0.05, 0.1) is 32.5 Å². The molecule has 1 saturated carbocycles. The van der Waals surface area contributed by atoms with Gasteiger partial charge in [-0.3, -0.25) is 9.59 Å². The summed E-state index contributed by atoms with van der Waals surface area (Å²) in [5, 5.41) is 9.80. The van der Waals surface area contributed by atoms with Crippen LogP contribution in [0.5, 0.6) is 17.8 Å². The SMILES string of the molecule is CCC(O)=C1C(=O)CC(c2c(OC)nc(OC)nc2OC)CC1=O. The summed E-state index contributed by atoms with van der Waals surface area (Å²) in [7, 11) is 4.25.